The van der Waals surface area contributed by atoms with Crippen molar-refractivity contribution in [1.29, 1.82) is 0 Å². The number of aliphatic hydroxyl groups excluding tert-OH is 1. The molecule has 2 N–H and O–H groups in total. The summed E-state index contributed by atoms with van der Waals surface area (Å²) in [4.78, 5) is 2.46. The van der Waals surface area contributed by atoms with Crippen LogP contribution in [0.4, 0.5) is 5.69 Å². The SMILES string of the molecule is CNC(C)c1ccc(N2CCCC(CCO)C2)cc1. The summed E-state index contributed by atoms with van der Waals surface area (Å²) in [6.45, 7) is 4.72. The zero-order valence-corrected chi connectivity index (χ0v) is 12.1. The van der Waals surface area contributed by atoms with Gasteiger partial charge >= 0.3 is 0 Å². The largest absolute Gasteiger partial charge is 0.396 e. The molecule has 3 heteroatoms. The van der Waals surface area contributed by atoms with E-state index >= 15 is 0 Å². The van der Waals surface area contributed by atoms with Gasteiger partial charge in [0, 0.05) is 31.4 Å². The molecule has 2 unspecified atom stereocenters. The van der Waals surface area contributed by atoms with Crippen molar-refractivity contribution in [3.05, 3.63) is 29.8 Å². The highest BCUT2D eigenvalue weighted by Crippen LogP contribution is 2.26. The van der Waals surface area contributed by atoms with Crippen LogP contribution in [0, 0.1) is 5.92 Å². The molecule has 0 spiro atoms. The molecule has 0 aromatic heterocycles. The van der Waals surface area contributed by atoms with Crippen LogP contribution in [-0.2, 0) is 0 Å². The van der Waals surface area contributed by atoms with Gasteiger partial charge in [0.2, 0.25) is 0 Å². The van der Waals surface area contributed by atoms with Gasteiger partial charge in [-0.25, -0.2) is 0 Å². The standard InChI is InChI=1S/C16H26N2O/c1-13(17-2)15-5-7-16(8-6-15)18-10-3-4-14(12-18)9-11-19/h5-8,13-14,17,19H,3-4,9-12H2,1-2H3. The Labute approximate surface area is 116 Å². The minimum absolute atomic E-state index is 0.317. The first kappa shape index (κ1) is 14.4. The van der Waals surface area contributed by atoms with E-state index in [1.165, 1.54) is 24.1 Å². The maximum atomic E-state index is 9.07. The summed E-state index contributed by atoms with van der Waals surface area (Å²) in [6.07, 6.45) is 3.43. The highest BCUT2D eigenvalue weighted by molar-refractivity contribution is 5.48. The molecule has 2 rings (SSSR count). The minimum atomic E-state index is 0.317. The lowest BCUT2D eigenvalue weighted by atomic mass is 9.94. The Bertz CT molecular complexity index is 375. The lowest BCUT2D eigenvalue weighted by Gasteiger charge is -2.34. The number of hydrogen-bond acceptors (Lipinski definition) is 3. The van der Waals surface area contributed by atoms with Crippen LogP contribution in [0.25, 0.3) is 0 Å². The van der Waals surface area contributed by atoms with Crippen LogP contribution in [0.5, 0.6) is 0 Å². The molecule has 106 valence electrons. The zero-order chi connectivity index (χ0) is 13.7. The van der Waals surface area contributed by atoms with E-state index in [0.717, 1.165) is 19.5 Å². The van der Waals surface area contributed by atoms with Crippen LogP contribution in [0.1, 0.15) is 37.8 Å². The van der Waals surface area contributed by atoms with Crippen molar-refractivity contribution >= 4 is 5.69 Å². The Balaban J connectivity index is 2.01. The first-order chi connectivity index (χ1) is 9.24. The third-order valence-corrected chi connectivity index (χ3v) is 4.25. The lowest BCUT2D eigenvalue weighted by molar-refractivity contribution is 0.244. The van der Waals surface area contributed by atoms with Gasteiger partial charge in [0.15, 0.2) is 0 Å². The van der Waals surface area contributed by atoms with E-state index in [9.17, 15) is 0 Å². The molecule has 1 aromatic rings. The molecule has 19 heavy (non-hydrogen) atoms. The summed E-state index contributed by atoms with van der Waals surface area (Å²) in [5.41, 5.74) is 2.64. The maximum absolute atomic E-state index is 9.07. The smallest absolute Gasteiger partial charge is 0.0434 e. The number of aliphatic hydroxyl groups is 1. The van der Waals surface area contributed by atoms with Gasteiger partial charge in [0.05, 0.1) is 0 Å². The number of benzene rings is 1. The average Bonchev–Trinajstić information content (AvgIpc) is 2.47. The molecule has 3 nitrogen and oxygen atoms in total. The second-order valence-corrected chi connectivity index (χ2v) is 5.57. The van der Waals surface area contributed by atoms with Crippen LogP contribution >= 0.6 is 0 Å². The molecular weight excluding hydrogens is 236 g/mol. The van der Waals surface area contributed by atoms with Gasteiger partial charge in [-0.05, 0) is 56.8 Å². The molecule has 2 atom stereocenters. The summed E-state index contributed by atoms with van der Waals surface area (Å²) in [6, 6.07) is 9.28. The topological polar surface area (TPSA) is 35.5 Å². The Morgan fingerprint density at radius 3 is 2.74 bits per heavy atom. The normalized spacial score (nSPS) is 21.4. The average molecular weight is 262 g/mol. The number of piperidine rings is 1. The second kappa shape index (κ2) is 6.92. The number of nitrogens with zero attached hydrogens (tertiary/aromatic N) is 1. The first-order valence-electron chi connectivity index (χ1n) is 7.37. The van der Waals surface area contributed by atoms with Crippen LogP contribution in [0.3, 0.4) is 0 Å². The third-order valence-electron chi connectivity index (χ3n) is 4.25. The predicted octanol–water partition coefficient (Wildman–Crippen LogP) is 2.57. The molecule has 1 aliphatic rings. The molecule has 0 aliphatic carbocycles. The van der Waals surface area contributed by atoms with Gasteiger partial charge in [0.25, 0.3) is 0 Å². The number of anilines is 1. The van der Waals surface area contributed by atoms with Gasteiger partial charge in [-0.1, -0.05) is 12.1 Å². The molecule has 1 fully saturated rings. The molecule has 0 bridgehead atoms. The van der Waals surface area contributed by atoms with Crippen LogP contribution < -0.4 is 10.2 Å². The second-order valence-electron chi connectivity index (χ2n) is 5.57. The van der Waals surface area contributed by atoms with Gasteiger partial charge < -0.3 is 15.3 Å². The van der Waals surface area contributed by atoms with Crippen molar-refractivity contribution in [3.63, 3.8) is 0 Å². The molecule has 1 aliphatic heterocycles. The zero-order valence-electron chi connectivity index (χ0n) is 12.1. The van der Waals surface area contributed by atoms with Gasteiger partial charge in [0.1, 0.15) is 0 Å². The molecule has 1 heterocycles. The molecule has 1 saturated heterocycles. The Hall–Kier alpha value is -1.06. The van der Waals surface area contributed by atoms with E-state index in [0.29, 0.717) is 18.6 Å². The van der Waals surface area contributed by atoms with Gasteiger partial charge in [-0.15, -0.1) is 0 Å². The van der Waals surface area contributed by atoms with E-state index in [2.05, 4.69) is 41.4 Å². The van der Waals surface area contributed by atoms with Gasteiger partial charge in [-0.3, -0.25) is 0 Å². The highest BCUT2D eigenvalue weighted by atomic mass is 16.3. The van der Waals surface area contributed by atoms with Crippen molar-refractivity contribution in [3.8, 4) is 0 Å². The Morgan fingerprint density at radius 1 is 1.37 bits per heavy atom. The fraction of sp³-hybridized carbons (Fsp3) is 0.625. The molecule has 0 saturated carbocycles. The fourth-order valence-electron chi connectivity index (χ4n) is 2.86. The van der Waals surface area contributed by atoms with Crippen molar-refractivity contribution in [2.75, 3.05) is 31.6 Å². The third kappa shape index (κ3) is 3.71. The Morgan fingerprint density at radius 2 is 2.11 bits per heavy atom. The number of nitrogens with one attached hydrogen (secondary N) is 1. The summed E-state index contributed by atoms with van der Waals surface area (Å²) in [7, 11) is 1.99. The van der Waals surface area contributed by atoms with E-state index in [-0.39, 0.29) is 0 Å². The molecule has 1 aromatic carbocycles. The van der Waals surface area contributed by atoms with Crippen molar-refractivity contribution < 1.29 is 5.11 Å². The first-order valence-corrected chi connectivity index (χ1v) is 7.37. The predicted molar refractivity (Wildman–Crippen MR) is 80.6 cm³/mol. The van der Waals surface area contributed by atoms with Crippen molar-refractivity contribution in [2.24, 2.45) is 5.92 Å². The van der Waals surface area contributed by atoms with Crippen molar-refractivity contribution in [2.45, 2.75) is 32.2 Å². The fourth-order valence-corrected chi connectivity index (χ4v) is 2.86. The monoisotopic (exact) mass is 262 g/mol. The van der Waals surface area contributed by atoms with Gasteiger partial charge in [-0.2, -0.15) is 0 Å². The minimum Gasteiger partial charge on any atom is -0.396 e. The van der Waals surface area contributed by atoms with Crippen LogP contribution in [0.15, 0.2) is 24.3 Å². The Kier molecular flexibility index (Phi) is 5.23. The molecule has 0 radical (unpaired) electrons. The number of hydrogen-bond donors (Lipinski definition) is 2. The lowest BCUT2D eigenvalue weighted by Crippen LogP contribution is -2.35. The van der Waals surface area contributed by atoms with Crippen molar-refractivity contribution in [1.82, 2.24) is 5.32 Å². The van der Waals surface area contributed by atoms with E-state index < -0.39 is 0 Å². The van der Waals surface area contributed by atoms with Crippen LogP contribution in [0.2, 0.25) is 0 Å². The highest BCUT2D eigenvalue weighted by Gasteiger charge is 2.19. The van der Waals surface area contributed by atoms with E-state index in [4.69, 9.17) is 5.11 Å². The number of rotatable bonds is 5. The molecular formula is C16H26N2O. The molecule has 0 amide bonds. The summed E-state index contributed by atoms with van der Waals surface area (Å²) >= 11 is 0. The quantitative estimate of drug-likeness (QED) is 0.856. The van der Waals surface area contributed by atoms with E-state index in [1.807, 2.05) is 7.05 Å². The van der Waals surface area contributed by atoms with E-state index in [1.54, 1.807) is 0 Å². The summed E-state index contributed by atoms with van der Waals surface area (Å²) in [5.74, 6) is 0.648. The summed E-state index contributed by atoms with van der Waals surface area (Å²) < 4.78 is 0. The van der Waals surface area contributed by atoms with Crippen LogP contribution in [-0.4, -0.2) is 31.9 Å². The maximum Gasteiger partial charge on any atom is 0.0434 e. The summed E-state index contributed by atoms with van der Waals surface area (Å²) in [5, 5.41) is 12.3.